The molecule has 0 radical (unpaired) electrons. The minimum absolute atomic E-state index is 0.0289. The van der Waals surface area contributed by atoms with Crippen molar-refractivity contribution in [3.63, 3.8) is 0 Å². The summed E-state index contributed by atoms with van der Waals surface area (Å²) in [5, 5.41) is 5.48. The Hall–Kier alpha value is -4.40. The third-order valence-electron chi connectivity index (χ3n) is 8.03. The number of hydrogen-bond acceptors (Lipinski definition) is 11. The Kier molecular flexibility index (Phi) is 8.80. The molecule has 0 saturated carbocycles. The minimum atomic E-state index is -0.956. The number of aryl methyl sites for hydroxylation is 2. The van der Waals surface area contributed by atoms with Crippen LogP contribution >= 0.6 is 11.6 Å². The number of benzene rings is 1. The molecule has 2 amide bonds. The quantitative estimate of drug-likeness (QED) is 0.206. The summed E-state index contributed by atoms with van der Waals surface area (Å²) in [6, 6.07) is 4.27. The van der Waals surface area contributed by atoms with Gasteiger partial charge in [0.05, 0.1) is 22.1 Å². The molecule has 4 aromatic rings. The zero-order chi connectivity index (χ0) is 36.5. The van der Waals surface area contributed by atoms with Gasteiger partial charge in [0.15, 0.2) is 17.3 Å². The van der Waals surface area contributed by atoms with Crippen molar-refractivity contribution in [2.75, 3.05) is 10.6 Å². The van der Waals surface area contributed by atoms with Crippen LogP contribution in [0.1, 0.15) is 79.2 Å². The molecule has 13 nitrogen and oxygen atoms in total. The highest BCUT2D eigenvalue weighted by atomic mass is 35.5. The molecular formula is C35H41ClFN7O6. The van der Waals surface area contributed by atoms with Gasteiger partial charge in [-0.05, 0) is 104 Å². The van der Waals surface area contributed by atoms with Crippen LogP contribution in [0, 0.1) is 12.7 Å². The molecule has 1 aliphatic carbocycles. The molecule has 3 aromatic heterocycles. The molecule has 1 fully saturated rings. The number of carbonyl (C=O) groups is 2. The summed E-state index contributed by atoms with van der Waals surface area (Å²) >= 11 is 6.07. The number of aromatic nitrogens is 5. The van der Waals surface area contributed by atoms with Gasteiger partial charge in [0, 0.05) is 5.39 Å². The highest BCUT2D eigenvalue weighted by Crippen LogP contribution is 2.45. The van der Waals surface area contributed by atoms with E-state index in [0.717, 1.165) is 16.0 Å². The average Bonchev–Trinajstić information content (AvgIpc) is 3.61. The maximum Gasteiger partial charge on any atom is 0.425 e. The van der Waals surface area contributed by atoms with Crippen molar-refractivity contribution in [2.24, 2.45) is 0 Å². The van der Waals surface area contributed by atoms with Crippen LogP contribution in [0.5, 0.6) is 0 Å². The average molecular weight is 710 g/mol. The van der Waals surface area contributed by atoms with Crippen molar-refractivity contribution in [3.8, 4) is 0 Å². The second-order valence-corrected chi connectivity index (χ2v) is 15.4. The van der Waals surface area contributed by atoms with Crippen LogP contribution in [0.4, 0.5) is 25.6 Å². The van der Waals surface area contributed by atoms with Crippen molar-refractivity contribution < 1.29 is 32.9 Å². The van der Waals surface area contributed by atoms with Gasteiger partial charge in [0.25, 0.3) is 0 Å². The van der Waals surface area contributed by atoms with E-state index in [1.54, 1.807) is 59.2 Å². The van der Waals surface area contributed by atoms with E-state index in [1.807, 2.05) is 19.9 Å². The first kappa shape index (κ1) is 35.4. The maximum atomic E-state index is 15.1. The van der Waals surface area contributed by atoms with Gasteiger partial charge in [-0.2, -0.15) is 10.00 Å². The molecule has 1 aliphatic heterocycles. The molecule has 15 heteroatoms. The second kappa shape index (κ2) is 12.4. The van der Waals surface area contributed by atoms with Crippen LogP contribution < -0.4 is 10.6 Å². The number of rotatable bonds is 5. The van der Waals surface area contributed by atoms with Crippen LogP contribution in [0.2, 0.25) is 5.02 Å². The summed E-state index contributed by atoms with van der Waals surface area (Å²) in [5.74, 6) is -0.953. The molecule has 0 unspecified atom stereocenters. The van der Waals surface area contributed by atoms with E-state index in [-0.39, 0.29) is 22.5 Å². The van der Waals surface area contributed by atoms with E-state index in [0.29, 0.717) is 34.8 Å². The summed E-state index contributed by atoms with van der Waals surface area (Å²) in [7, 11) is 0. The Morgan fingerprint density at radius 3 is 2.30 bits per heavy atom. The molecular weight excluding hydrogens is 669 g/mol. The van der Waals surface area contributed by atoms with Gasteiger partial charge >= 0.3 is 12.2 Å². The van der Waals surface area contributed by atoms with Gasteiger partial charge in [-0.25, -0.2) is 33.6 Å². The molecule has 1 saturated heterocycles. The number of ether oxygens (including phenoxy) is 4. The first-order valence-corrected chi connectivity index (χ1v) is 16.7. The second-order valence-electron chi connectivity index (χ2n) is 15.0. The van der Waals surface area contributed by atoms with Crippen molar-refractivity contribution in [3.05, 3.63) is 58.3 Å². The number of pyridine rings is 1. The number of fused-ring (bicyclic) bond motifs is 3. The van der Waals surface area contributed by atoms with E-state index in [9.17, 15) is 9.59 Å². The molecule has 1 aromatic carbocycles. The molecule has 266 valence electrons. The van der Waals surface area contributed by atoms with E-state index in [2.05, 4.69) is 20.1 Å². The predicted molar refractivity (Wildman–Crippen MR) is 185 cm³/mol. The van der Waals surface area contributed by atoms with E-state index in [4.69, 9.17) is 36.3 Å². The number of hydrogen-bond donors (Lipinski definition) is 1. The normalized spacial score (nSPS) is 20.2. The van der Waals surface area contributed by atoms with Gasteiger partial charge in [0.2, 0.25) is 0 Å². The number of imide groups is 1. The van der Waals surface area contributed by atoms with E-state index < -0.39 is 53.2 Å². The number of halogens is 2. The van der Waals surface area contributed by atoms with Crippen LogP contribution in [0.3, 0.4) is 0 Å². The number of anilines is 2. The zero-order valence-corrected chi connectivity index (χ0v) is 30.3. The fraction of sp³-hybridized carbons (Fsp3) is 0.486. The van der Waals surface area contributed by atoms with Gasteiger partial charge in [0.1, 0.15) is 46.9 Å². The minimum Gasteiger partial charge on any atom is -0.443 e. The molecule has 0 bridgehead atoms. The maximum absolute atomic E-state index is 15.1. The first-order valence-electron chi connectivity index (χ1n) is 16.3. The number of amides is 2. The van der Waals surface area contributed by atoms with Crippen LogP contribution in [0.15, 0.2) is 36.0 Å². The van der Waals surface area contributed by atoms with Crippen LogP contribution in [-0.2, 0) is 25.4 Å². The molecule has 4 heterocycles. The number of nitrogens with zero attached hydrogens (tertiary/aromatic N) is 6. The van der Waals surface area contributed by atoms with Crippen molar-refractivity contribution >= 4 is 57.4 Å². The number of carbonyl (C=O) groups excluding carboxylic acids is 2. The summed E-state index contributed by atoms with van der Waals surface area (Å²) in [6.45, 7) is 15.5. The Balaban J connectivity index is 1.37. The smallest absolute Gasteiger partial charge is 0.425 e. The molecule has 50 heavy (non-hydrogen) atoms. The van der Waals surface area contributed by atoms with E-state index >= 15 is 4.39 Å². The fourth-order valence-electron chi connectivity index (χ4n) is 6.15. The van der Waals surface area contributed by atoms with Crippen molar-refractivity contribution in [1.82, 2.24) is 24.7 Å². The lowest BCUT2D eigenvalue weighted by Crippen LogP contribution is -2.44. The van der Waals surface area contributed by atoms with Gasteiger partial charge in [-0.3, -0.25) is 0 Å². The molecule has 6 rings (SSSR count). The largest absolute Gasteiger partial charge is 0.443 e. The zero-order valence-electron chi connectivity index (χ0n) is 29.5. The molecule has 2 aliphatic rings. The number of nitrogen functional groups attached to an aromatic ring is 1. The Morgan fingerprint density at radius 2 is 1.66 bits per heavy atom. The molecule has 3 atom stereocenters. The van der Waals surface area contributed by atoms with Gasteiger partial charge in [-0.1, -0.05) is 17.7 Å². The summed E-state index contributed by atoms with van der Waals surface area (Å²) < 4.78 is 40.7. The standard InChI is InChI=1S/C35H41ClFN7O6/c1-17-40-29(43(31(45)49-33(2,3)4)32(46)50-34(5,6)7)21-16-39-44(30(21)41-17)25-14-19(26-27(25)48-35(8,9)47-26)11-10-18-12-23(37)20-15-22(36)28(38)42-24(20)13-18/h12-16,25-27H,10-11H2,1-9H3,(H2,38,42)/t25-,26-,27+/m1/s1. The third-order valence-corrected chi connectivity index (χ3v) is 8.34. The van der Waals surface area contributed by atoms with E-state index in [1.165, 1.54) is 18.3 Å². The highest BCUT2D eigenvalue weighted by molar-refractivity contribution is 6.33. The Labute approximate surface area is 293 Å². The fourth-order valence-corrected chi connectivity index (χ4v) is 6.30. The van der Waals surface area contributed by atoms with Crippen molar-refractivity contribution in [1.29, 1.82) is 0 Å². The monoisotopic (exact) mass is 709 g/mol. The topological polar surface area (TPSA) is 157 Å². The van der Waals surface area contributed by atoms with Crippen LogP contribution in [-0.4, -0.2) is 66.1 Å². The number of nitrogens with two attached hydrogens (primary N) is 1. The van der Waals surface area contributed by atoms with Crippen LogP contribution in [0.25, 0.3) is 21.9 Å². The Bertz CT molecular complexity index is 2020. The summed E-state index contributed by atoms with van der Waals surface area (Å²) in [4.78, 5) is 41.2. The predicted octanol–water partition coefficient (Wildman–Crippen LogP) is 7.37. The Morgan fingerprint density at radius 1 is 1.00 bits per heavy atom. The lowest BCUT2D eigenvalue weighted by Gasteiger charge is -2.28. The molecule has 0 spiro atoms. The lowest BCUT2D eigenvalue weighted by atomic mass is 10.0. The third kappa shape index (κ3) is 7.10. The molecule has 2 N–H and O–H groups in total. The first-order chi connectivity index (χ1) is 23.2. The lowest BCUT2D eigenvalue weighted by molar-refractivity contribution is -0.148. The summed E-state index contributed by atoms with van der Waals surface area (Å²) in [6.07, 6.45) is 1.70. The van der Waals surface area contributed by atoms with Gasteiger partial charge in [-0.15, -0.1) is 0 Å². The van der Waals surface area contributed by atoms with Crippen molar-refractivity contribution in [2.45, 2.75) is 110 Å². The highest BCUT2D eigenvalue weighted by Gasteiger charge is 2.51. The summed E-state index contributed by atoms with van der Waals surface area (Å²) in [5.41, 5.74) is 6.51. The van der Waals surface area contributed by atoms with Gasteiger partial charge < -0.3 is 24.7 Å². The SMILES string of the molecule is Cc1nc(N(C(=O)OC(C)(C)C)C(=O)OC(C)(C)C)c2cnn([C@@H]3C=C(CCc4cc(F)c5cc(Cl)c(N)nc5c4)[C@H]4OC(C)(C)O[C@H]43)c2n1.